The molecular weight excluding hydrogens is 292 g/mol. The molecule has 0 bridgehead atoms. The number of benzene rings is 1. The Morgan fingerprint density at radius 2 is 1.90 bits per heavy atom. The summed E-state index contributed by atoms with van der Waals surface area (Å²) in [6.45, 7) is 4.06. The van der Waals surface area contributed by atoms with Crippen LogP contribution >= 0.6 is 0 Å². The van der Waals surface area contributed by atoms with Gasteiger partial charge in [0.15, 0.2) is 0 Å². The Balaban J connectivity index is 2.28. The van der Waals surface area contributed by atoms with E-state index in [1.165, 1.54) is 17.4 Å². The maximum atomic E-state index is 12.3. The Kier molecular flexibility index (Phi) is 4.25. The van der Waals surface area contributed by atoms with Gasteiger partial charge in [-0.3, -0.25) is 4.72 Å². The predicted octanol–water partition coefficient (Wildman–Crippen LogP) is 2.00. The van der Waals surface area contributed by atoms with Crippen LogP contribution in [0.15, 0.2) is 12.1 Å². The van der Waals surface area contributed by atoms with Crippen LogP contribution in [-0.2, 0) is 10.2 Å². The third kappa shape index (κ3) is 3.74. The average Bonchev–Trinajstić information content (AvgIpc) is 3.16. The molecule has 21 heavy (non-hydrogen) atoms. The molecule has 1 aromatic carbocycles. The van der Waals surface area contributed by atoms with Gasteiger partial charge < -0.3 is 5.11 Å². The fourth-order valence-electron chi connectivity index (χ4n) is 2.06. The maximum Gasteiger partial charge on any atom is 0.337 e. The number of aromatic carboxylic acids is 1. The Labute approximate surface area is 125 Å². The minimum atomic E-state index is -3.73. The summed E-state index contributed by atoms with van der Waals surface area (Å²) in [5.41, 5.74) is 1.71. The predicted molar refractivity (Wildman–Crippen MR) is 80.8 cm³/mol. The van der Waals surface area contributed by atoms with E-state index in [0.717, 1.165) is 24.0 Å². The number of rotatable bonds is 6. The van der Waals surface area contributed by atoms with E-state index < -0.39 is 16.2 Å². The fourth-order valence-corrected chi connectivity index (χ4v) is 3.07. The monoisotopic (exact) mass is 312 g/mol. The number of anilines is 1. The van der Waals surface area contributed by atoms with Gasteiger partial charge in [0.2, 0.25) is 0 Å². The number of carboxylic acid groups (broad SMARTS) is 1. The highest BCUT2D eigenvalue weighted by Crippen LogP contribution is 2.30. The van der Waals surface area contributed by atoms with Crippen LogP contribution in [-0.4, -0.2) is 37.4 Å². The van der Waals surface area contributed by atoms with Gasteiger partial charge in [0.1, 0.15) is 0 Å². The lowest BCUT2D eigenvalue weighted by Gasteiger charge is -2.19. The van der Waals surface area contributed by atoms with E-state index in [1.807, 2.05) is 6.92 Å². The van der Waals surface area contributed by atoms with Crippen molar-refractivity contribution in [3.63, 3.8) is 0 Å². The van der Waals surface area contributed by atoms with Crippen molar-refractivity contribution in [2.24, 2.45) is 5.92 Å². The summed E-state index contributed by atoms with van der Waals surface area (Å²) in [4.78, 5) is 11.3. The van der Waals surface area contributed by atoms with Gasteiger partial charge in [-0.1, -0.05) is 0 Å². The molecule has 0 aromatic heterocycles. The molecule has 0 radical (unpaired) electrons. The molecule has 2 rings (SSSR count). The highest BCUT2D eigenvalue weighted by molar-refractivity contribution is 7.90. The normalized spacial score (nSPS) is 15.2. The Hall–Kier alpha value is -1.60. The third-order valence-corrected chi connectivity index (χ3v) is 5.17. The summed E-state index contributed by atoms with van der Waals surface area (Å²) in [6, 6.07) is 3.04. The molecule has 1 aliphatic carbocycles. The smallest absolute Gasteiger partial charge is 0.337 e. The topological polar surface area (TPSA) is 86.7 Å². The van der Waals surface area contributed by atoms with Crippen molar-refractivity contribution >= 4 is 21.9 Å². The lowest BCUT2D eigenvalue weighted by molar-refractivity contribution is 0.0698. The highest BCUT2D eigenvalue weighted by Gasteiger charge is 2.29. The minimum absolute atomic E-state index is 0.0403. The van der Waals surface area contributed by atoms with E-state index in [1.54, 1.807) is 13.0 Å². The lowest BCUT2D eigenvalue weighted by Crippen LogP contribution is -2.34. The summed E-state index contributed by atoms with van der Waals surface area (Å²) in [5.74, 6) is -0.731. The molecule has 0 atom stereocenters. The molecule has 2 N–H and O–H groups in total. The zero-order chi connectivity index (χ0) is 15.8. The van der Waals surface area contributed by atoms with Crippen molar-refractivity contribution in [1.29, 1.82) is 0 Å². The van der Waals surface area contributed by atoms with E-state index in [9.17, 15) is 18.3 Å². The second-order valence-corrected chi connectivity index (χ2v) is 7.40. The minimum Gasteiger partial charge on any atom is -0.478 e. The Bertz CT molecular complexity index is 666. The molecular formula is C14H20N2O4S. The molecule has 116 valence electrons. The van der Waals surface area contributed by atoms with Gasteiger partial charge in [-0.05, 0) is 55.9 Å². The quantitative estimate of drug-likeness (QED) is 0.841. The first-order chi connectivity index (χ1) is 9.70. The lowest BCUT2D eigenvalue weighted by atomic mass is 10.0. The SMILES string of the molecule is Cc1cc(NS(=O)(=O)N(C)CC2CC2)c(C(=O)O)cc1C. The van der Waals surface area contributed by atoms with Gasteiger partial charge in [0.05, 0.1) is 11.3 Å². The number of nitrogens with one attached hydrogen (secondary N) is 1. The second kappa shape index (κ2) is 5.65. The van der Waals surface area contributed by atoms with Crippen LogP contribution in [0.1, 0.15) is 34.3 Å². The van der Waals surface area contributed by atoms with Crippen LogP contribution in [0.25, 0.3) is 0 Å². The molecule has 0 amide bonds. The van der Waals surface area contributed by atoms with Crippen molar-refractivity contribution in [2.45, 2.75) is 26.7 Å². The first kappa shape index (κ1) is 15.8. The molecule has 0 heterocycles. The maximum absolute atomic E-state index is 12.3. The van der Waals surface area contributed by atoms with Crippen LogP contribution < -0.4 is 4.72 Å². The number of carbonyl (C=O) groups is 1. The molecule has 1 aliphatic rings. The number of carboxylic acids is 1. The Morgan fingerprint density at radius 3 is 2.43 bits per heavy atom. The molecule has 0 spiro atoms. The largest absolute Gasteiger partial charge is 0.478 e. The first-order valence-electron chi connectivity index (χ1n) is 6.79. The van der Waals surface area contributed by atoms with Crippen molar-refractivity contribution in [3.8, 4) is 0 Å². The van der Waals surface area contributed by atoms with E-state index >= 15 is 0 Å². The number of hydrogen-bond donors (Lipinski definition) is 2. The molecule has 0 aliphatic heterocycles. The van der Waals surface area contributed by atoms with Crippen molar-refractivity contribution in [3.05, 3.63) is 28.8 Å². The number of aryl methyl sites for hydroxylation is 2. The van der Waals surface area contributed by atoms with E-state index in [4.69, 9.17) is 0 Å². The van der Waals surface area contributed by atoms with E-state index in [0.29, 0.717) is 12.5 Å². The van der Waals surface area contributed by atoms with Crippen LogP contribution in [0.5, 0.6) is 0 Å². The summed E-state index contributed by atoms with van der Waals surface area (Å²) in [5, 5.41) is 9.22. The molecule has 1 saturated carbocycles. The molecule has 7 heteroatoms. The third-order valence-electron chi connectivity index (χ3n) is 3.73. The van der Waals surface area contributed by atoms with Gasteiger partial charge in [-0.25, -0.2) is 4.79 Å². The molecule has 1 fully saturated rings. The summed E-state index contributed by atoms with van der Waals surface area (Å²) < 4.78 is 28.1. The van der Waals surface area contributed by atoms with Gasteiger partial charge in [-0.2, -0.15) is 12.7 Å². The summed E-state index contributed by atoms with van der Waals surface area (Å²) >= 11 is 0. The summed E-state index contributed by atoms with van der Waals surface area (Å²) in [6.07, 6.45) is 2.09. The highest BCUT2D eigenvalue weighted by atomic mass is 32.2. The number of hydrogen-bond acceptors (Lipinski definition) is 3. The van der Waals surface area contributed by atoms with Crippen LogP contribution in [0.4, 0.5) is 5.69 Å². The van der Waals surface area contributed by atoms with Gasteiger partial charge in [-0.15, -0.1) is 0 Å². The second-order valence-electron chi connectivity index (χ2n) is 5.62. The van der Waals surface area contributed by atoms with Crippen LogP contribution in [0.2, 0.25) is 0 Å². The summed E-state index contributed by atoms with van der Waals surface area (Å²) in [7, 11) is -2.23. The fraction of sp³-hybridized carbons (Fsp3) is 0.500. The zero-order valence-corrected chi connectivity index (χ0v) is 13.2. The molecule has 0 unspecified atom stereocenters. The van der Waals surface area contributed by atoms with Crippen molar-refractivity contribution in [2.75, 3.05) is 18.3 Å². The van der Waals surface area contributed by atoms with E-state index in [-0.39, 0.29) is 11.3 Å². The van der Waals surface area contributed by atoms with Gasteiger partial charge in [0, 0.05) is 13.6 Å². The first-order valence-corrected chi connectivity index (χ1v) is 8.23. The van der Waals surface area contributed by atoms with Crippen molar-refractivity contribution in [1.82, 2.24) is 4.31 Å². The Morgan fingerprint density at radius 1 is 1.33 bits per heavy atom. The van der Waals surface area contributed by atoms with Gasteiger partial charge in [0.25, 0.3) is 0 Å². The number of nitrogens with zero attached hydrogens (tertiary/aromatic N) is 1. The van der Waals surface area contributed by atoms with Gasteiger partial charge >= 0.3 is 16.2 Å². The molecule has 6 nitrogen and oxygen atoms in total. The van der Waals surface area contributed by atoms with Crippen molar-refractivity contribution < 1.29 is 18.3 Å². The molecule has 1 aromatic rings. The standard InChI is InChI=1S/C14H20N2O4S/c1-9-6-12(14(17)18)13(7-10(9)2)15-21(19,20)16(3)8-11-4-5-11/h6-7,11,15H,4-5,8H2,1-3H3,(H,17,18). The van der Waals surface area contributed by atoms with Crippen LogP contribution in [0.3, 0.4) is 0 Å². The zero-order valence-electron chi connectivity index (χ0n) is 12.4. The average molecular weight is 312 g/mol. The van der Waals surface area contributed by atoms with Crippen LogP contribution in [0, 0.1) is 19.8 Å². The molecule has 0 saturated heterocycles. The van der Waals surface area contributed by atoms with E-state index in [2.05, 4.69) is 4.72 Å².